The second-order valence-corrected chi connectivity index (χ2v) is 4.40. The van der Waals surface area contributed by atoms with Gasteiger partial charge in [-0.05, 0) is 11.7 Å². The Kier molecular flexibility index (Phi) is 4.71. The highest BCUT2D eigenvalue weighted by atomic mass is 32.1. The zero-order valence-electron chi connectivity index (χ0n) is 10.2. The number of nitro groups is 1. The summed E-state index contributed by atoms with van der Waals surface area (Å²) in [7, 11) is 1.38. The van der Waals surface area contributed by atoms with Crippen molar-refractivity contribution in [3.05, 3.63) is 37.1 Å². The van der Waals surface area contributed by atoms with Crippen molar-refractivity contribution >= 4 is 18.3 Å². The second-order valence-electron chi connectivity index (χ2n) is 4.04. The minimum atomic E-state index is -0.858. The molecule has 7 nitrogen and oxygen atoms in total. The molecule has 0 saturated carbocycles. The Morgan fingerprint density at radius 2 is 2.11 bits per heavy atom. The third kappa shape index (κ3) is 2.81. The number of aryl methyl sites for hydroxylation is 1. The van der Waals surface area contributed by atoms with Gasteiger partial charge < -0.3 is 0 Å². The molecule has 1 atom stereocenters. The van der Waals surface area contributed by atoms with Gasteiger partial charge in [-0.2, -0.15) is 12.6 Å². The molecule has 0 aromatic carbocycles. The van der Waals surface area contributed by atoms with Crippen molar-refractivity contribution in [2.45, 2.75) is 19.9 Å². The second kappa shape index (κ2) is 5.85. The minimum Gasteiger partial charge on any atom is -0.297 e. The number of hydrogen-bond acceptors (Lipinski definition) is 5. The van der Waals surface area contributed by atoms with E-state index in [2.05, 4.69) is 12.6 Å². The fourth-order valence-corrected chi connectivity index (χ4v) is 1.94. The van der Waals surface area contributed by atoms with Crippen molar-refractivity contribution in [3.8, 4) is 0 Å². The molecule has 0 saturated heterocycles. The Labute approximate surface area is 109 Å². The Morgan fingerprint density at radius 3 is 2.56 bits per heavy atom. The molecule has 0 aliphatic carbocycles. The van der Waals surface area contributed by atoms with Gasteiger partial charge >= 0.3 is 16.9 Å². The average Bonchev–Trinajstić information content (AvgIpc) is 2.34. The number of rotatable bonds is 5. The largest absolute Gasteiger partial charge is 0.350 e. The molecule has 1 heterocycles. The van der Waals surface area contributed by atoms with E-state index in [1.165, 1.54) is 7.05 Å². The summed E-state index contributed by atoms with van der Waals surface area (Å²) in [5.74, 6) is 0.537. The summed E-state index contributed by atoms with van der Waals surface area (Å²) < 4.78 is 1.95. The summed E-state index contributed by atoms with van der Waals surface area (Å²) in [6.07, 6.45) is 1.69. The molecule has 1 aromatic rings. The van der Waals surface area contributed by atoms with Crippen LogP contribution in [-0.2, 0) is 13.6 Å². The van der Waals surface area contributed by atoms with Gasteiger partial charge in [0.05, 0.1) is 11.1 Å². The van der Waals surface area contributed by atoms with Crippen LogP contribution in [0.1, 0.15) is 13.3 Å². The van der Waals surface area contributed by atoms with Gasteiger partial charge in [-0.15, -0.1) is 0 Å². The Hall–Kier alpha value is -1.57. The molecule has 0 aliphatic heterocycles. The summed E-state index contributed by atoms with van der Waals surface area (Å²) in [5.41, 5.74) is -2.00. The third-order valence-corrected chi connectivity index (χ3v) is 3.30. The fraction of sp³-hybridized carbons (Fsp3) is 0.600. The van der Waals surface area contributed by atoms with Crippen molar-refractivity contribution in [1.29, 1.82) is 0 Å². The van der Waals surface area contributed by atoms with Gasteiger partial charge in [0, 0.05) is 13.6 Å². The standard InChI is InChI=1S/C10H15N3O4S/c1-3-7(6-18)4-12-9(14)8(13(16)17)5-11(2)10(12)15/h5,7,18H,3-4,6H2,1-2H3. The van der Waals surface area contributed by atoms with Gasteiger partial charge in [0.15, 0.2) is 0 Å². The topological polar surface area (TPSA) is 87.1 Å². The zero-order valence-corrected chi connectivity index (χ0v) is 11.1. The van der Waals surface area contributed by atoms with Crippen LogP contribution in [-0.4, -0.2) is 19.8 Å². The summed E-state index contributed by atoms with van der Waals surface area (Å²) in [5, 5.41) is 10.7. The molecular weight excluding hydrogens is 258 g/mol. The first-order chi connectivity index (χ1) is 8.42. The molecule has 0 spiro atoms. The van der Waals surface area contributed by atoms with Crippen molar-refractivity contribution in [1.82, 2.24) is 9.13 Å². The van der Waals surface area contributed by atoms with Crippen LogP contribution in [0.2, 0.25) is 0 Å². The molecule has 0 bridgehead atoms. The molecule has 0 radical (unpaired) electrons. The SMILES string of the molecule is CCC(CS)Cn1c(=O)c([N+](=O)[O-])cn(C)c1=O. The lowest BCUT2D eigenvalue weighted by atomic mass is 10.1. The molecule has 1 aromatic heterocycles. The van der Waals surface area contributed by atoms with Crippen LogP contribution in [0.25, 0.3) is 0 Å². The van der Waals surface area contributed by atoms with Crippen molar-refractivity contribution in [2.75, 3.05) is 5.75 Å². The highest BCUT2D eigenvalue weighted by Gasteiger charge is 2.20. The maximum atomic E-state index is 11.8. The van der Waals surface area contributed by atoms with Crippen molar-refractivity contribution < 1.29 is 4.92 Å². The predicted octanol–water partition coefficient (Wildman–Crippen LogP) is 0.411. The minimum absolute atomic E-state index is 0.0285. The van der Waals surface area contributed by atoms with Crippen LogP contribution in [0.4, 0.5) is 5.69 Å². The molecule has 0 aliphatic rings. The summed E-state index contributed by atoms with van der Waals surface area (Å²) in [4.78, 5) is 33.6. The van der Waals surface area contributed by atoms with E-state index in [0.29, 0.717) is 5.75 Å². The first kappa shape index (κ1) is 14.5. The van der Waals surface area contributed by atoms with E-state index in [9.17, 15) is 19.7 Å². The third-order valence-electron chi connectivity index (χ3n) is 2.79. The zero-order chi connectivity index (χ0) is 13.9. The van der Waals surface area contributed by atoms with Crippen LogP contribution in [0.5, 0.6) is 0 Å². The Morgan fingerprint density at radius 1 is 1.50 bits per heavy atom. The van der Waals surface area contributed by atoms with E-state index in [1.54, 1.807) is 0 Å². The number of hydrogen-bond donors (Lipinski definition) is 1. The molecule has 0 N–H and O–H groups in total. The summed E-state index contributed by atoms with van der Waals surface area (Å²) in [6.45, 7) is 2.06. The van der Waals surface area contributed by atoms with E-state index in [4.69, 9.17) is 0 Å². The van der Waals surface area contributed by atoms with E-state index < -0.39 is 21.9 Å². The first-order valence-electron chi connectivity index (χ1n) is 5.48. The lowest BCUT2D eigenvalue weighted by Gasteiger charge is -2.13. The lowest BCUT2D eigenvalue weighted by molar-refractivity contribution is -0.387. The smallest absolute Gasteiger partial charge is 0.297 e. The molecule has 18 heavy (non-hydrogen) atoms. The van der Waals surface area contributed by atoms with Crippen LogP contribution in [0.3, 0.4) is 0 Å². The van der Waals surface area contributed by atoms with Crippen LogP contribution in [0.15, 0.2) is 15.8 Å². The molecule has 8 heteroatoms. The van der Waals surface area contributed by atoms with Gasteiger partial charge in [-0.1, -0.05) is 13.3 Å². The normalized spacial score (nSPS) is 12.4. The van der Waals surface area contributed by atoms with E-state index in [-0.39, 0.29) is 12.5 Å². The maximum Gasteiger partial charge on any atom is 0.350 e. The molecule has 0 amide bonds. The molecular formula is C10H15N3O4S. The van der Waals surface area contributed by atoms with Gasteiger partial charge in [0.2, 0.25) is 0 Å². The Bertz CT molecular complexity index is 559. The molecule has 0 fully saturated rings. The summed E-state index contributed by atoms with van der Waals surface area (Å²) >= 11 is 4.13. The quantitative estimate of drug-likeness (QED) is 0.478. The average molecular weight is 273 g/mol. The summed E-state index contributed by atoms with van der Waals surface area (Å²) in [6, 6.07) is 0. The maximum absolute atomic E-state index is 11.8. The van der Waals surface area contributed by atoms with Crippen LogP contribution < -0.4 is 11.2 Å². The number of aromatic nitrogens is 2. The number of nitrogens with zero attached hydrogens (tertiary/aromatic N) is 3. The van der Waals surface area contributed by atoms with E-state index in [0.717, 1.165) is 21.8 Å². The van der Waals surface area contributed by atoms with Gasteiger partial charge in [0.1, 0.15) is 0 Å². The molecule has 1 unspecified atom stereocenters. The van der Waals surface area contributed by atoms with Crippen LogP contribution in [0, 0.1) is 16.0 Å². The van der Waals surface area contributed by atoms with Crippen LogP contribution >= 0.6 is 12.6 Å². The molecule has 100 valence electrons. The highest BCUT2D eigenvalue weighted by Crippen LogP contribution is 2.07. The van der Waals surface area contributed by atoms with Crippen molar-refractivity contribution in [3.63, 3.8) is 0 Å². The van der Waals surface area contributed by atoms with Gasteiger partial charge in [-0.3, -0.25) is 24.0 Å². The monoisotopic (exact) mass is 273 g/mol. The highest BCUT2D eigenvalue weighted by molar-refractivity contribution is 7.80. The van der Waals surface area contributed by atoms with Gasteiger partial charge in [0.25, 0.3) is 0 Å². The predicted molar refractivity (Wildman–Crippen MR) is 70.2 cm³/mol. The Balaban J connectivity index is 3.38. The lowest BCUT2D eigenvalue weighted by Crippen LogP contribution is -2.41. The first-order valence-corrected chi connectivity index (χ1v) is 6.11. The molecule has 1 rings (SSSR count). The van der Waals surface area contributed by atoms with Gasteiger partial charge in [-0.25, -0.2) is 4.79 Å². The van der Waals surface area contributed by atoms with E-state index >= 15 is 0 Å². The number of thiol groups is 1. The fourth-order valence-electron chi connectivity index (χ4n) is 1.57. The van der Waals surface area contributed by atoms with E-state index in [1.807, 2.05) is 6.92 Å². The van der Waals surface area contributed by atoms with Crippen molar-refractivity contribution in [2.24, 2.45) is 13.0 Å².